The standard InChI is InChI=1S/C14H13BrO2S/c1-9(2)17-12-6-4-3-5-11(12)14(16)10-7-13(15)18-8-10/h3-9H,1-2H3. The van der Waals surface area contributed by atoms with Gasteiger partial charge in [0.05, 0.1) is 15.5 Å². The third-order valence-corrected chi connectivity index (χ3v) is 3.83. The van der Waals surface area contributed by atoms with Gasteiger partial charge in [0.1, 0.15) is 5.75 Å². The molecule has 0 N–H and O–H groups in total. The molecule has 0 aliphatic heterocycles. The van der Waals surface area contributed by atoms with Crippen LogP contribution < -0.4 is 4.74 Å². The fraction of sp³-hybridized carbons (Fsp3) is 0.214. The Hall–Kier alpha value is -1.13. The molecule has 0 saturated carbocycles. The zero-order valence-corrected chi connectivity index (χ0v) is 12.5. The third kappa shape index (κ3) is 3.00. The molecule has 0 aliphatic rings. The molecule has 1 aromatic carbocycles. The van der Waals surface area contributed by atoms with Crippen LogP contribution in [0.3, 0.4) is 0 Å². The molecule has 0 radical (unpaired) electrons. The van der Waals surface area contributed by atoms with Crippen LogP contribution in [0.25, 0.3) is 0 Å². The highest BCUT2D eigenvalue weighted by atomic mass is 79.9. The van der Waals surface area contributed by atoms with Crippen molar-refractivity contribution in [2.24, 2.45) is 0 Å². The maximum absolute atomic E-state index is 12.4. The molecule has 1 aromatic heterocycles. The number of ketones is 1. The van der Waals surface area contributed by atoms with Crippen LogP contribution >= 0.6 is 27.3 Å². The van der Waals surface area contributed by atoms with Gasteiger partial charge in [-0.1, -0.05) is 12.1 Å². The van der Waals surface area contributed by atoms with E-state index < -0.39 is 0 Å². The Labute approximate surface area is 119 Å². The molecule has 1 heterocycles. The van der Waals surface area contributed by atoms with E-state index in [2.05, 4.69) is 15.9 Å². The van der Waals surface area contributed by atoms with Gasteiger partial charge in [0, 0.05) is 10.9 Å². The summed E-state index contributed by atoms with van der Waals surface area (Å²) in [6, 6.07) is 9.18. The van der Waals surface area contributed by atoms with Crippen LogP contribution in [-0.2, 0) is 0 Å². The Kier molecular flexibility index (Phi) is 4.19. The Balaban J connectivity index is 2.35. The van der Waals surface area contributed by atoms with Gasteiger partial charge in [0.2, 0.25) is 0 Å². The second kappa shape index (κ2) is 5.67. The molecule has 0 saturated heterocycles. The Bertz CT molecular complexity index is 560. The van der Waals surface area contributed by atoms with Crippen molar-refractivity contribution in [2.75, 3.05) is 0 Å². The summed E-state index contributed by atoms with van der Waals surface area (Å²) in [5.41, 5.74) is 1.29. The van der Waals surface area contributed by atoms with E-state index in [0.717, 1.165) is 3.79 Å². The van der Waals surface area contributed by atoms with Crippen LogP contribution in [0, 0.1) is 0 Å². The summed E-state index contributed by atoms with van der Waals surface area (Å²) in [7, 11) is 0. The molecular formula is C14H13BrO2S. The van der Waals surface area contributed by atoms with Gasteiger partial charge in [-0.3, -0.25) is 4.79 Å². The molecule has 0 aliphatic carbocycles. The molecule has 0 amide bonds. The molecule has 2 nitrogen and oxygen atoms in total. The second-order valence-corrected chi connectivity index (χ2v) is 6.42. The molecule has 2 aromatic rings. The molecule has 18 heavy (non-hydrogen) atoms. The number of benzene rings is 1. The number of halogens is 1. The topological polar surface area (TPSA) is 26.3 Å². The van der Waals surface area contributed by atoms with E-state index in [-0.39, 0.29) is 11.9 Å². The Morgan fingerprint density at radius 2 is 2.06 bits per heavy atom. The van der Waals surface area contributed by atoms with E-state index in [4.69, 9.17) is 4.74 Å². The SMILES string of the molecule is CC(C)Oc1ccccc1C(=O)c1csc(Br)c1. The molecule has 2 rings (SSSR count). The monoisotopic (exact) mass is 324 g/mol. The van der Waals surface area contributed by atoms with Crippen LogP contribution in [0.2, 0.25) is 0 Å². The normalized spacial score (nSPS) is 10.7. The van der Waals surface area contributed by atoms with Crippen LogP contribution in [0.4, 0.5) is 0 Å². The van der Waals surface area contributed by atoms with Gasteiger partial charge in [-0.25, -0.2) is 0 Å². The number of hydrogen-bond acceptors (Lipinski definition) is 3. The van der Waals surface area contributed by atoms with E-state index in [1.54, 1.807) is 6.07 Å². The zero-order valence-electron chi connectivity index (χ0n) is 10.1. The van der Waals surface area contributed by atoms with E-state index in [1.807, 2.05) is 43.5 Å². The molecule has 0 unspecified atom stereocenters. The van der Waals surface area contributed by atoms with Gasteiger partial charge in [0.15, 0.2) is 5.78 Å². The Morgan fingerprint density at radius 1 is 1.33 bits per heavy atom. The maximum atomic E-state index is 12.4. The first-order valence-corrected chi connectivity index (χ1v) is 7.29. The van der Waals surface area contributed by atoms with Crippen molar-refractivity contribution >= 4 is 33.0 Å². The fourth-order valence-corrected chi connectivity index (χ4v) is 2.73. The van der Waals surface area contributed by atoms with Crippen LogP contribution in [0.1, 0.15) is 29.8 Å². The summed E-state index contributed by atoms with van der Waals surface area (Å²) < 4.78 is 6.62. The van der Waals surface area contributed by atoms with E-state index in [9.17, 15) is 4.79 Å². The maximum Gasteiger partial charge on any atom is 0.197 e. The van der Waals surface area contributed by atoms with Gasteiger partial charge in [-0.2, -0.15) is 0 Å². The van der Waals surface area contributed by atoms with Crippen LogP contribution in [0.15, 0.2) is 39.5 Å². The van der Waals surface area contributed by atoms with Gasteiger partial charge in [-0.05, 0) is 48.0 Å². The highest BCUT2D eigenvalue weighted by Crippen LogP contribution is 2.27. The smallest absolute Gasteiger partial charge is 0.197 e. The molecule has 0 spiro atoms. The number of carbonyl (C=O) groups excluding carboxylic acids is 1. The summed E-state index contributed by atoms with van der Waals surface area (Å²) in [5, 5.41) is 1.85. The second-order valence-electron chi connectivity index (χ2n) is 4.13. The van der Waals surface area contributed by atoms with Crippen molar-refractivity contribution in [2.45, 2.75) is 20.0 Å². The quantitative estimate of drug-likeness (QED) is 0.772. The first-order chi connectivity index (χ1) is 8.58. The van der Waals surface area contributed by atoms with Gasteiger partial charge < -0.3 is 4.74 Å². The number of ether oxygens (including phenoxy) is 1. The predicted molar refractivity (Wildman–Crippen MR) is 77.7 cm³/mol. The Morgan fingerprint density at radius 3 is 2.67 bits per heavy atom. The van der Waals surface area contributed by atoms with Crippen molar-refractivity contribution in [3.05, 3.63) is 50.6 Å². The number of thiophene rings is 1. The number of carbonyl (C=O) groups is 1. The summed E-state index contributed by atoms with van der Waals surface area (Å²) >= 11 is 4.87. The minimum Gasteiger partial charge on any atom is -0.490 e. The fourth-order valence-electron chi connectivity index (χ4n) is 1.60. The largest absolute Gasteiger partial charge is 0.490 e. The van der Waals surface area contributed by atoms with Gasteiger partial charge >= 0.3 is 0 Å². The van der Waals surface area contributed by atoms with E-state index >= 15 is 0 Å². The average Bonchev–Trinajstić information content (AvgIpc) is 2.75. The number of hydrogen-bond donors (Lipinski definition) is 0. The molecule has 0 fully saturated rings. The van der Waals surface area contributed by atoms with Crippen molar-refractivity contribution in [3.8, 4) is 5.75 Å². The minimum absolute atomic E-state index is 0.00630. The van der Waals surface area contributed by atoms with Gasteiger partial charge in [0.25, 0.3) is 0 Å². The lowest BCUT2D eigenvalue weighted by Gasteiger charge is -2.12. The lowest BCUT2D eigenvalue weighted by Crippen LogP contribution is -2.10. The van der Waals surface area contributed by atoms with Crippen molar-refractivity contribution in [3.63, 3.8) is 0 Å². The molecular weight excluding hydrogens is 312 g/mol. The molecule has 0 atom stereocenters. The lowest BCUT2D eigenvalue weighted by molar-refractivity contribution is 0.103. The predicted octanol–water partition coefficient (Wildman–Crippen LogP) is 4.53. The van der Waals surface area contributed by atoms with E-state index in [1.165, 1.54) is 11.3 Å². The molecule has 0 bridgehead atoms. The minimum atomic E-state index is -0.00630. The lowest BCUT2D eigenvalue weighted by atomic mass is 10.1. The number of rotatable bonds is 4. The summed E-state index contributed by atoms with van der Waals surface area (Å²) in [4.78, 5) is 12.4. The van der Waals surface area contributed by atoms with E-state index in [0.29, 0.717) is 16.9 Å². The van der Waals surface area contributed by atoms with Crippen LogP contribution in [0.5, 0.6) is 5.75 Å². The van der Waals surface area contributed by atoms with Crippen molar-refractivity contribution in [1.29, 1.82) is 0 Å². The zero-order chi connectivity index (χ0) is 13.1. The van der Waals surface area contributed by atoms with Crippen molar-refractivity contribution < 1.29 is 9.53 Å². The first-order valence-electron chi connectivity index (χ1n) is 5.62. The first kappa shape index (κ1) is 13.3. The van der Waals surface area contributed by atoms with Crippen LogP contribution in [-0.4, -0.2) is 11.9 Å². The molecule has 94 valence electrons. The highest BCUT2D eigenvalue weighted by molar-refractivity contribution is 9.11. The summed E-state index contributed by atoms with van der Waals surface area (Å²) in [5.74, 6) is 0.632. The van der Waals surface area contributed by atoms with Crippen molar-refractivity contribution in [1.82, 2.24) is 0 Å². The third-order valence-electron chi connectivity index (χ3n) is 2.32. The highest BCUT2D eigenvalue weighted by Gasteiger charge is 2.16. The number of para-hydroxylation sites is 1. The summed E-state index contributed by atoms with van der Waals surface area (Å²) in [6.07, 6.45) is 0.0492. The molecule has 4 heteroatoms. The van der Waals surface area contributed by atoms with Gasteiger partial charge in [-0.15, -0.1) is 11.3 Å². The average molecular weight is 325 g/mol. The summed E-state index contributed by atoms with van der Waals surface area (Å²) in [6.45, 7) is 3.89.